The first-order valence-electron chi connectivity index (χ1n) is 2.63. The van der Waals surface area contributed by atoms with E-state index in [1.165, 1.54) is 10.6 Å². The van der Waals surface area contributed by atoms with Gasteiger partial charge in [0.15, 0.2) is 0 Å². The van der Waals surface area contributed by atoms with Gasteiger partial charge >= 0.3 is 23.1 Å². The fraction of sp³-hybridized carbons (Fsp3) is 0.333. The molecular weight excluding hydrogens is 123 g/mol. The van der Waals surface area contributed by atoms with Crippen LogP contribution >= 0.6 is 0 Å². The SMILES string of the molecule is C=C[CH2][AlH][CH2]C=C.[H-].[H-].[Mg+2]. The molecule has 0 rings (SSSR count). The Morgan fingerprint density at radius 1 is 1.25 bits per heavy atom. The van der Waals surface area contributed by atoms with Gasteiger partial charge < -0.3 is 2.85 Å². The van der Waals surface area contributed by atoms with E-state index in [-0.39, 0.29) is 41.1 Å². The van der Waals surface area contributed by atoms with E-state index >= 15 is 0 Å². The molecule has 0 amide bonds. The van der Waals surface area contributed by atoms with Crippen LogP contribution in [0.25, 0.3) is 0 Å². The van der Waals surface area contributed by atoms with Crippen molar-refractivity contribution in [2.75, 3.05) is 0 Å². The Labute approximate surface area is 76.9 Å². The van der Waals surface area contributed by atoms with E-state index in [0.29, 0.717) is 0 Å². The molecule has 0 aromatic rings. The molecule has 0 aliphatic rings. The zero-order valence-corrected chi connectivity index (χ0v) is 8.23. The monoisotopic (exact) mass is 136 g/mol. The molecule has 42 valence electrons. The van der Waals surface area contributed by atoms with Crippen molar-refractivity contribution >= 4 is 38.3 Å². The molecule has 0 aliphatic heterocycles. The van der Waals surface area contributed by atoms with Gasteiger partial charge in [-0.25, -0.2) is 0 Å². The predicted octanol–water partition coefficient (Wildman–Crippen LogP) is 1.48. The minimum atomic E-state index is 0. The van der Waals surface area contributed by atoms with E-state index in [0.717, 1.165) is 0 Å². The summed E-state index contributed by atoms with van der Waals surface area (Å²) < 4.78 is 0. The molecule has 8 heavy (non-hydrogen) atoms. The Morgan fingerprint density at radius 3 is 1.88 bits per heavy atom. The Hall–Kier alpha value is 0.779. The van der Waals surface area contributed by atoms with Gasteiger partial charge in [0, 0.05) is 0 Å². The minimum absolute atomic E-state index is 0. The third-order valence-electron chi connectivity index (χ3n) is 0.816. The van der Waals surface area contributed by atoms with E-state index in [1.807, 2.05) is 12.2 Å². The molecule has 0 saturated heterocycles. The van der Waals surface area contributed by atoms with Gasteiger partial charge in [0.1, 0.15) is 0 Å². The van der Waals surface area contributed by atoms with Crippen molar-refractivity contribution in [2.45, 2.75) is 10.6 Å². The Morgan fingerprint density at radius 2 is 1.62 bits per heavy atom. The van der Waals surface area contributed by atoms with Crippen molar-refractivity contribution in [3.8, 4) is 0 Å². The van der Waals surface area contributed by atoms with Crippen LogP contribution in [-0.4, -0.2) is 38.3 Å². The van der Waals surface area contributed by atoms with Gasteiger partial charge in [-0.05, 0) is 0 Å². The maximum Gasteiger partial charge on any atom is 2.00 e. The van der Waals surface area contributed by atoms with E-state index in [2.05, 4.69) is 13.2 Å². The number of hydrogen-bond donors (Lipinski definition) is 0. The van der Waals surface area contributed by atoms with Crippen LogP contribution in [0, 0.1) is 0 Å². The molecule has 0 fully saturated rings. The second kappa shape index (κ2) is 10.7. The molecule has 2 heteroatoms. The predicted molar refractivity (Wildman–Crippen MR) is 45.1 cm³/mol. The van der Waals surface area contributed by atoms with Crippen LogP contribution in [-0.2, 0) is 0 Å². The van der Waals surface area contributed by atoms with Crippen molar-refractivity contribution in [1.82, 2.24) is 0 Å². The summed E-state index contributed by atoms with van der Waals surface area (Å²) in [6.07, 6.45) is 3.99. The van der Waals surface area contributed by atoms with Crippen molar-refractivity contribution in [3.63, 3.8) is 0 Å². The van der Waals surface area contributed by atoms with Crippen LogP contribution in [0.15, 0.2) is 25.3 Å². The normalized spacial score (nSPS) is 6.50. The third-order valence-corrected chi connectivity index (χ3v) is 2.45. The third kappa shape index (κ3) is 9.91. The quantitative estimate of drug-likeness (QED) is 0.312. The molecule has 0 aromatic carbocycles. The molecule has 0 aromatic heterocycles. The molecule has 0 N–H and O–H groups in total. The standard InChI is InChI=1S/2C3H5.Al.Mg.3H/c2*1-3-2;;;;;/h2*3H,1-2H2;;;;;/q;;;+2;;2*-1. The molecular formula is C6H13AlMg. The summed E-state index contributed by atoms with van der Waals surface area (Å²) in [7, 11) is 0. The van der Waals surface area contributed by atoms with Crippen molar-refractivity contribution < 1.29 is 2.85 Å². The molecule has 0 atom stereocenters. The Bertz CT molecular complexity index is 60.8. The first kappa shape index (κ1) is 11.6. The van der Waals surface area contributed by atoms with Gasteiger partial charge in [0.05, 0.1) is 0 Å². The summed E-state index contributed by atoms with van der Waals surface area (Å²) in [5, 5.41) is 2.51. The van der Waals surface area contributed by atoms with Crippen LogP contribution in [0.4, 0.5) is 0 Å². The van der Waals surface area contributed by atoms with Crippen molar-refractivity contribution in [2.24, 2.45) is 0 Å². The fourth-order valence-corrected chi connectivity index (χ4v) is 1.22. The fourth-order valence-electron chi connectivity index (χ4n) is 0.407. The van der Waals surface area contributed by atoms with Gasteiger partial charge in [0.25, 0.3) is 0 Å². The molecule has 0 bridgehead atoms. The number of rotatable bonds is 4. The van der Waals surface area contributed by atoms with Gasteiger partial charge in [0.2, 0.25) is 15.2 Å². The topological polar surface area (TPSA) is 0 Å². The first-order chi connectivity index (χ1) is 3.41. The van der Waals surface area contributed by atoms with Crippen LogP contribution in [0.5, 0.6) is 0 Å². The van der Waals surface area contributed by atoms with Gasteiger partial charge in [-0.2, -0.15) is 0 Å². The summed E-state index contributed by atoms with van der Waals surface area (Å²) in [4.78, 5) is 0. The van der Waals surface area contributed by atoms with Crippen molar-refractivity contribution in [1.29, 1.82) is 0 Å². The number of hydrogen-bond acceptors (Lipinski definition) is 0. The molecule has 0 spiro atoms. The summed E-state index contributed by atoms with van der Waals surface area (Å²) >= 11 is 0.175. The van der Waals surface area contributed by atoms with Gasteiger partial charge in [-0.1, -0.05) is 10.6 Å². The largest absolute Gasteiger partial charge is 2.00 e. The van der Waals surface area contributed by atoms with E-state index < -0.39 is 0 Å². The van der Waals surface area contributed by atoms with Gasteiger partial charge in [-0.15, -0.1) is 25.3 Å². The van der Waals surface area contributed by atoms with Crippen molar-refractivity contribution in [3.05, 3.63) is 25.3 Å². The minimum Gasteiger partial charge on any atom is -1.00 e. The molecule has 0 nitrogen and oxygen atoms in total. The second-order valence-corrected chi connectivity index (χ2v) is 3.37. The Balaban J connectivity index is -0.0000000600. The van der Waals surface area contributed by atoms with E-state index in [1.54, 1.807) is 0 Å². The van der Waals surface area contributed by atoms with Crippen LogP contribution in [0.2, 0.25) is 10.6 Å². The molecule has 0 saturated carbocycles. The van der Waals surface area contributed by atoms with E-state index in [4.69, 9.17) is 0 Å². The average Bonchev–Trinajstić information content (AvgIpc) is 1.69. The first-order valence-corrected chi connectivity index (χ1v) is 4.63. The summed E-state index contributed by atoms with van der Waals surface area (Å²) in [6.45, 7) is 7.27. The molecule has 0 heterocycles. The number of allylic oxidation sites excluding steroid dienone is 2. The zero-order chi connectivity index (χ0) is 5.54. The summed E-state index contributed by atoms with van der Waals surface area (Å²) in [5.41, 5.74) is 0. The molecule has 0 aliphatic carbocycles. The maximum atomic E-state index is 3.63. The summed E-state index contributed by atoms with van der Waals surface area (Å²) in [6, 6.07) is 0. The van der Waals surface area contributed by atoms with Gasteiger partial charge in [-0.3, -0.25) is 0 Å². The van der Waals surface area contributed by atoms with E-state index in [9.17, 15) is 0 Å². The average molecular weight is 136 g/mol. The maximum absolute atomic E-state index is 3.63. The molecule has 0 radical (unpaired) electrons. The Kier molecular flexibility index (Phi) is 15.5. The van der Waals surface area contributed by atoms with Crippen LogP contribution < -0.4 is 0 Å². The molecule has 0 unspecified atom stereocenters. The smallest absolute Gasteiger partial charge is 1.00 e. The zero-order valence-electron chi connectivity index (χ0n) is 7.40. The summed E-state index contributed by atoms with van der Waals surface area (Å²) in [5.74, 6) is 0. The van der Waals surface area contributed by atoms with Crippen LogP contribution in [0.1, 0.15) is 2.85 Å². The van der Waals surface area contributed by atoms with Crippen LogP contribution in [0.3, 0.4) is 0 Å². The second-order valence-electron chi connectivity index (χ2n) is 1.51.